The highest BCUT2D eigenvalue weighted by atomic mass is 35.5. The van der Waals surface area contributed by atoms with Crippen molar-refractivity contribution in [3.05, 3.63) is 71.1 Å². The van der Waals surface area contributed by atoms with Gasteiger partial charge in [0, 0.05) is 49.2 Å². The first-order valence-electron chi connectivity index (χ1n) is 10.6. The minimum absolute atomic E-state index is 0.140. The van der Waals surface area contributed by atoms with Crippen LogP contribution in [0.1, 0.15) is 12.0 Å². The van der Waals surface area contributed by atoms with Gasteiger partial charge < -0.3 is 19.5 Å². The lowest BCUT2D eigenvalue weighted by molar-refractivity contribution is 0.215. The van der Waals surface area contributed by atoms with Gasteiger partial charge in [0.1, 0.15) is 5.82 Å². The molecule has 6 nitrogen and oxygen atoms in total. The van der Waals surface area contributed by atoms with Gasteiger partial charge in [0.25, 0.3) is 0 Å². The highest BCUT2D eigenvalue weighted by molar-refractivity contribution is 6.31. The Labute approximate surface area is 190 Å². The Kier molecular flexibility index (Phi) is 5.35. The van der Waals surface area contributed by atoms with Gasteiger partial charge in [-0.1, -0.05) is 17.7 Å². The second-order valence-electron chi connectivity index (χ2n) is 8.00. The van der Waals surface area contributed by atoms with Crippen LogP contribution in [-0.2, 0) is 0 Å². The molecule has 0 atom stereocenters. The van der Waals surface area contributed by atoms with E-state index in [1.54, 1.807) is 12.1 Å². The van der Waals surface area contributed by atoms with Crippen LogP contribution in [-0.4, -0.2) is 46.5 Å². The Morgan fingerprint density at radius 3 is 2.81 bits per heavy atom. The van der Waals surface area contributed by atoms with E-state index in [4.69, 9.17) is 16.6 Å². The molecule has 1 N–H and O–H groups in total. The third-order valence-electron chi connectivity index (χ3n) is 5.99. The first kappa shape index (κ1) is 20.6. The molecule has 1 aliphatic rings. The normalized spacial score (nSPS) is 14.7. The largest absolute Gasteiger partial charge is 0.353 e. The van der Waals surface area contributed by atoms with Crippen LogP contribution < -0.4 is 10.2 Å². The Bertz CT molecular complexity index is 1320. The predicted molar refractivity (Wildman–Crippen MR) is 126 cm³/mol. The molecule has 2 aromatic carbocycles. The molecule has 1 saturated heterocycles. The Morgan fingerprint density at radius 2 is 1.94 bits per heavy atom. The standard InChI is InChI=1S/C24H23ClFN5O/c1-16-18(25)5-2-6-19(16)28-24(32)30-11-4-10-29(13-14-30)23-22-7-3-12-31(22)21-9-8-17(26)15-20(21)27-23/h2-3,5-9,12,15H,4,10-11,13-14H2,1H3,(H,28,32). The number of rotatable bonds is 2. The number of benzene rings is 2. The summed E-state index contributed by atoms with van der Waals surface area (Å²) < 4.78 is 15.9. The van der Waals surface area contributed by atoms with Crippen molar-refractivity contribution in [1.29, 1.82) is 0 Å². The second-order valence-corrected chi connectivity index (χ2v) is 8.41. The van der Waals surface area contributed by atoms with E-state index in [1.165, 1.54) is 12.1 Å². The first-order valence-corrected chi connectivity index (χ1v) is 11.0. The maximum atomic E-state index is 13.9. The molecule has 0 spiro atoms. The van der Waals surface area contributed by atoms with Crippen molar-refractivity contribution in [2.45, 2.75) is 13.3 Å². The van der Waals surface area contributed by atoms with E-state index in [2.05, 4.69) is 10.2 Å². The molecule has 2 amide bonds. The van der Waals surface area contributed by atoms with E-state index in [9.17, 15) is 9.18 Å². The summed E-state index contributed by atoms with van der Waals surface area (Å²) >= 11 is 6.18. The van der Waals surface area contributed by atoms with E-state index in [0.717, 1.165) is 41.1 Å². The van der Waals surface area contributed by atoms with Gasteiger partial charge in [-0.15, -0.1) is 0 Å². The van der Waals surface area contributed by atoms with Gasteiger partial charge in [0.05, 0.1) is 16.6 Å². The quantitative estimate of drug-likeness (QED) is 0.448. The summed E-state index contributed by atoms with van der Waals surface area (Å²) in [5, 5.41) is 3.61. The van der Waals surface area contributed by atoms with Crippen LogP contribution in [0.15, 0.2) is 54.7 Å². The van der Waals surface area contributed by atoms with Gasteiger partial charge in [0.2, 0.25) is 0 Å². The summed E-state index contributed by atoms with van der Waals surface area (Å²) in [5.74, 6) is 0.499. The van der Waals surface area contributed by atoms with Crippen LogP contribution in [0.4, 0.5) is 20.7 Å². The van der Waals surface area contributed by atoms with Crippen molar-refractivity contribution in [1.82, 2.24) is 14.3 Å². The minimum atomic E-state index is -0.308. The zero-order valence-electron chi connectivity index (χ0n) is 17.7. The number of carbonyl (C=O) groups excluding carboxylic acids is 1. The zero-order valence-corrected chi connectivity index (χ0v) is 18.4. The molecule has 3 heterocycles. The number of hydrogen-bond donors (Lipinski definition) is 1. The molecule has 0 saturated carbocycles. The minimum Gasteiger partial charge on any atom is -0.353 e. The maximum Gasteiger partial charge on any atom is 0.321 e. The van der Waals surface area contributed by atoms with Crippen molar-refractivity contribution in [3.63, 3.8) is 0 Å². The molecule has 164 valence electrons. The number of hydrogen-bond acceptors (Lipinski definition) is 3. The topological polar surface area (TPSA) is 52.9 Å². The van der Waals surface area contributed by atoms with Crippen molar-refractivity contribution < 1.29 is 9.18 Å². The number of halogens is 2. The first-order chi connectivity index (χ1) is 15.5. The highest BCUT2D eigenvalue weighted by Gasteiger charge is 2.22. The zero-order chi connectivity index (χ0) is 22.2. The number of carbonyl (C=O) groups is 1. The SMILES string of the molecule is Cc1c(Cl)cccc1NC(=O)N1CCCN(c2nc3cc(F)ccc3n3cccc23)CC1. The van der Waals surface area contributed by atoms with Gasteiger partial charge in [-0.2, -0.15) is 0 Å². The van der Waals surface area contributed by atoms with Crippen LogP contribution in [0.25, 0.3) is 16.6 Å². The summed E-state index contributed by atoms with van der Waals surface area (Å²) in [6.07, 6.45) is 2.77. The third kappa shape index (κ3) is 3.73. The molecule has 2 aromatic heterocycles. The molecule has 1 aliphatic heterocycles. The van der Waals surface area contributed by atoms with Crippen molar-refractivity contribution >= 4 is 45.7 Å². The van der Waals surface area contributed by atoms with E-state index in [-0.39, 0.29) is 11.8 Å². The Morgan fingerprint density at radius 1 is 1.06 bits per heavy atom. The van der Waals surface area contributed by atoms with Gasteiger partial charge in [-0.25, -0.2) is 14.2 Å². The molecule has 5 rings (SSSR count). The van der Waals surface area contributed by atoms with Crippen molar-refractivity contribution in [2.24, 2.45) is 0 Å². The molecular formula is C24H23ClFN5O. The van der Waals surface area contributed by atoms with E-state index >= 15 is 0 Å². The third-order valence-corrected chi connectivity index (χ3v) is 6.40. The summed E-state index contributed by atoms with van der Waals surface area (Å²) in [7, 11) is 0. The number of fused-ring (bicyclic) bond motifs is 3. The Hall–Kier alpha value is -3.32. The molecule has 1 fully saturated rings. The second kappa shape index (κ2) is 8.31. The number of amides is 2. The molecule has 0 bridgehead atoms. The summed E-state index contributed by atoms with van der Waals surface area (Å²) in [6, 6.07) is 14.0. The van der Waals surface area contributed by atoms with Gasteiger partial charge in [0.15, 0.2) is 5.82 Å². The average Bonchev–Trinajstić information content (AvgIpc) is 3.14. The van der Waals surface area contributed by atoms with Crippen LogP contribution in [0.2, 0.25) is 5.02 Å². The van der Waals surface area contributed by atoms with Crippen molar-refractivity contribution in [3.8, 4) is 0 Å². The number of urea groups is 1. The number of nitrogens with one attached hydrogen (secondary N) is 1. The molecule has 0 radical (unpaired) electrons. The van der Waals surface area contributed by atoms with Crippen LogP contribution in [0.5, 0.6) is 0 Å². The fourth-order valence-electron chi connectivity index (χ4n) is 4.24. The molecule has 0 unspecified atom stereocenters. The van der Waals surface area contributed by atoms with Gasteiger partial charge in [-0.3, -0.25) is 0 Å². The number of anilines is 2. The van der Waals surface area contributed by atoms with Gasteiger partial charge >= 0.3 is 6.03 Å². The maximum absolute atomic E-state index is 13.9. The molecule has 8 heteroatoms. The molecule has 0 aliphatic carbocycles. The van der Waals surface area contributed by atoms with Crippen molar-refractivity contribution in [2.75, 3.05) is 36.4 Å². The van der Waals surface area contributed by atoms with Crippen LogP contribution in [0, 0.1) is 12.7 Å². The number of aromatic nitrogens is 2. The van der Waals surface area contributed by atoms with Crippen LogP contribution in [0.3, 0.4) is 0 Å². The lowest BCUT2D eigenvalue weighted by atomic mass is 10.2. The fraction of sp³-hybridized carbons (Fsp3) is 0.250. The van der Waals surface area contributed by atoms with Crippen LogP contribution >= 0.6 is 11.6 Å². The fourth-order valence-corrected chi connectivity index (χ4v) is 4.41. The predicted octanol–water partition coefficient (Wildman–Crippen LogP) is 5.33. The Balaban J connectivity index is 1.38. The van der Waals surface area contributed by atoms with E-state index < -0.39 is 0 Å². The molecular weight excluding hydrogens is 429 g/mol. The smallest absolute Gasteiger partial charge is 0.321 e. The molecule has 4 aromatic rings. The average molecular weight is 452 g/mol. The lowest BCUT2D eigenvalue weighted by Gasteiger charge is -2.24. The highest BCUT2D eigenvalue weighted by Crippen LogP contribution is 2.27. The molecule has 32 heavy (non-hydrogen) atoms. The lowest BCUT2D eigenvalue weighted by Crippen LogP contribution is -2.38. The summed E-state index contributed by atoms with van der Waals surface area (Å²) in [5.41, 5.74) is 4.01. The van der Waals surface area contributed by atoms with E-state index in [1.807, 2.05) is 46.7 Å². The summed E-state index contributed by atoms with van der Waals surface area (Å²) in [6.45, 7) is 4.48. The number of nitrogens with zero attached hydrogens (tertiary/aromatic N) is 4. The summed E-state index contributed by atoms with van der Waals surface area (Å²) in [4.78, 5) is 21.7. The van der Waals surface area contributed by atoms with Gasteiger partial charge in [-0.05, 0) is 55.3 Å². The van der Waals surface area contributed by atoms with E-state index in [0.29, 0.717) is 30.2 Å². The monoisotopic (exact) mass is 451 g/mol.